The van der Waals surface area contributed by atoms with Gasteiger partial charge in [0.25, 0.3) is 5.91 Å². The molecule has 118 valence electrons. The first-order valence-electron chi connectivity index (χ1n) is 7.44. The van der Waals surface area contributed by atoms with Gasteiger partial charge in [-0.1, -0.05) is 6.07 Å². The molecular formula is C17H21NO3S. The lowest BCUT2D eigenvalue weighted by Crippen LogP contribution is -2.25. The first-order valence-corrected chi connectivity index (χ1v) is 8.32. The minimum atomic E-state index is -0.0967. The molecule has 0 unspecified atom stereocenters. The molecule has 1 aromatic heterocycles. The number of amides is 1. The van der Waals surface area contributed by atoms with Crippen LogP contribution in [0.25, 0.3) is 0 Å². The summed E-state index contributed by atoms with van der Waals surface area (Å²) in [5.41, 5.74) is 0.582. The summed E-state index contributed by atoms with van der Waals surface area (Å²) in [7, 11) is 0. The highest BCUT2D eigenvalue weighted by atomic mass is 32.1. The molecule has 4 nitrogen and oxygen atoms in total. The maximum atomic E-state index is 12.2. The van der Waals surface area contributed by atoms with Crippen LogP contribution >= 0.6 is 11.3 Å². The lowest BCUT2D eigenvalue weighted by Gasteiger charge is -2.12. The number of thiophene rings is 1. The summed E-state index contributed by atoms with van der Waals surface area (Å²) < 4.78 is 11.0. The zero-order valence-electron chi connectivity index (χ0n) is 12.9. The van der Waals surface area contributed by atoms with E-state index in [-0.39, 0.29) is 5.91 Å². The van der Waals surface area contributed by atoms with Gasteiger partial charge in [-0.3, -0.25) is 4.79 Å². The molecule has 0 saturated heterocycles. The van der Waals surface area contributed by atoms with Gasteiger partial charge in [0.15, 0.2) is 11.5 Å². The van der Waals surface area contributed by atoms with Crippen molar-refractivity contribution in [1.82, 2.24) is 5.32 Å². The van der Waals surface area contributed by atoms with Gasteiger partial charge in [0.05, 0.1) is 13.2 Å². The molecule has 1 amide bonds. The van der Waals surface area contributed by atoms with E-state index in [4.69, 9.17) is 9.47 Å². The lowest BCUT2D eigenvalue weighted by molar-refractivity contribution is 0.0953. The third-order valence-electron chi connectivity index (χ3n) is 3.04. The molecule has 0 radical (unpaired) electrons. The summed E-state index contributed by atoms with van der Waals surface area (Å²) in [5, 5.41) is 4.97. The number of hydrogen-bond acceptors (Lipinski definition) is 4. The summed E-state index contributed by atoms with van der Waals surface area (Å²) >= 11 is 1.70. The van der Waals surface area contributed by atoms with Crippen molar-refractivity contribution in [2.24, 2.45) is 0 Å². The third-order valence-corrected chi connectivity index (χ3v) is 3.98. The van der Waals surface area contributed by atoms with Crippen molar-refractivity contribution < 1.29 is 14.3 Å². The Kier molecular flexibility index (Phi) is 6.27. The van der Waals surface area contributed by atoms with Crippen LogP contribution in [-0.2, 0) is 6.42 Å². The van der Waals surface area contributed by atoms with E-state index in [1.807, 2.05) is 25.3 Å². The zero-order chi connectivity index (χ0) is 15.8. The fourth-order valence-electron chi connectivity index (χ4n) is 2.05. The van der Waals surface area contributed by atoms with E-state index < -0.39 is 0 Å². The van der Waals surface area contributed by atoms with Gasteiger partial charge >= 0.3 is 0 Å². The van der Waals surface area contributed by atoms with E-state index in [1.54, 1.807) is 29.5 Å². The highest BCUT2D eigenvalue weighted by molar-refractivity contribution is 7.09. The quantitative estimate of drug-likeness (QED) is 0.810. The fraction of sp³-hybridized carbons (Fsp3) is 0.353. The standard InChI is InChI=1S/C17H21NO3S/c1-3-20-15-8-7-13(12-16(15)21-4-2)17(19)18-10-9-14-6-5-11-22-14/h5-8,11-12H,3-4,9-10H2,1-2H3,(H,18,19). The predicted octanol–water partition coefficient (Wildman–Crippen LogP) is 3.52. The molecule has 1 aromatic carbocycles. The Labute approximate surface area is 135 Å². The van der Waals surface area contributed by atoms with Gasteiger partial charge < -0.3 is 14.8 Å². The number of nitrogens with one attached hydrogen (secondary N) is 1. The predicted molar refractivity (Wildman–Crippen MR) is 89.1 cm³/mol. The van der Waals surface area contributed by atoms with Crippen LogP contribution in [0, 0.1) is 0 Å². The number of rotatable bonds is 8. The van der Waals surface area contributed by atoms with Crippen LogP contribution in [-0.4, -0.2) is 25.7 Å². The second-order valence-electron chi connectivity index (χ2n) is 4.61. The lowest BCUT2D eigenvalue weighted by atomic mass is 10.2. The van der Waals surface area contributed by atoms with Crippen LogP contribution in [0.1, 0.15) is 29.1 Å². The zero-order valence-corrected chi connectivity index (χ0v) is 13.7. The number of ether oxygens (including phenoxy) is 2. The Bertz CT molecular complexity index is 596. The molecule has 0 atom stereocenters. The smallest absolute Gasteiger partial charge is 0.251 e. The summed E-state index contributed by atoms with van der Waals surface area (Å²) in [6.45, 7) is 5.54. The molecule has 0 saturated carbocycles. The minimum Gasteiger partial charge on any atom is -0.490 e. The van der Waals surface area contributed by atoms with Gasteiger partial charge in [0.2, 0.25) is 0 Å². The monoisotopic (exact) mass is 319 g/mol. The van der Waals surface area contributed by atoms with Crippen LogP contribution in [0.4, 0.5) is 0 Å². The Morgan fingerprint density at radius 3 is 2.59 bits per heavy atom. The fourth-order valence-corrected chi connectivity index (χ4v) is 2.76. The van der Waals surface area contributed by atoms with Gasteiger partial charge in [-0.05, 0) is 49.9 Å². The van der Waals surface area contributed by atoms with E-state index in [9.17, 15) is 4.79 Å². The van der Waals surface area contributed by atoms with Crippen molar-refractivity contribution in [2.45, 2.75) is 20.3 Å². The molecule has 0 bridgehead atoms. The van der Waals surface area contributed by atoms with Crippen LogP contribution in [0.5, 0.6) is 11.5 Å². The van der Waals surface area contributed by atoms with Gasteiger partial charge in [0, 0.05) is 17.0 Å². The second kappa shape index (κ2) is 8.44. The van der Waals surface area contributed by atoms with Crippen LogP contribution in [0.2, 0.25) is 0 Å². The molecule has 0 fully saturated rings. The van der Waals surface area contributed by atoms with Crippen molar-refractivity contribution in [1.29, 1.82) is 0 Å². The average Bonchev–Trinajstić information content (AvgIpc) is 3.02. The Morgan fingerprint density at radius 2 is 1.91 bits per heavy atom. The maximum absolute atomic E-state index is 12.2. The third kappa shape index (κ3) is 4.49. The van der Waals surface area contributed by atoms with Crippen molar-refractivity contribution in [3.63, 3.8) is 0 Å². The van der Waals surface area contributed by atoms with Gasteiger partial charge in [-0.2, -0.15) is 0 Å². The molecule has 0 aliphatic heterocycles. The molecule has 1 N–H and O–H groups in total. The van der Waals surface area contributed by atoms with E-state index in [2.05, 4.69) is 11.4 Å². The SMILES string of the molecule is CCOc1ccc(C(=O)NCCc2cccs2)cc1OCC. The topological polar surface area (TPSA) is 47.6 Å². The summed E-state index contributed by atoms with van der Waals surface area (Å²) in [6.07, 6.45) is 0.846. The summed E-state index contributed by atoms with van der Waals surface area (Å²) in [4.78, 5) is 13.5. The van der Waals surface area contributed by atoms with Crippen molar-refractivity contribution >= 4 is 17.2 Å². The van der Waals surface area contributed by atoms with Gasteiger partial charge in [-0.25, -0.2) is 0 Å². The first-order chi connectivity index (χ1) is 10.7. The highest BCUT2D eigenvalue weighted by Crippen LogP contribution is 2.28. The molecule has 2 rings (SSSR count). The first kappa shape index (κ1) is 16.4. The normalized spacial score (nSPS) is 10.3. The summed E-state index contributed by atoms with van der Waals surface area (Å²) in [5.74, 6) is 1.18. The molecule has 2 aromatic rings. The van der Waals surface area contributed by atoms with E-state index in [0.29, 0.717) is 36.8 Å². The van der Waals surface area contributed by atoms with Gasteiger partial charge in [0.1, 0.15) is 0 Å². The van der Waals surface area contributed by atoms with Gasteiger partial charge in [-0.15, -0.1) is 11.3 Å². The second-order valence-corrected chi connectivity index (χ2v) is 5.65. The molecule has 1 heterocycles. The highest BCUT2D eigenvalue weighted by Gasteiger charge is 2.11. The molecule has 22 heavy (non-hydrogen) atoms. The number of hydrogen-bond donors (Lipinski definition) is 1. The van der Waals surface area contributed by atoms with Crippen molar-refractivity contribution in [3.05, 3.63) is 46.2 Å². The maximum Gasteiger partial charge on any atom is 0.251 e. The van der Waals surface area contributed by atoms with E-state index in [0.717, 1.165) is 6.42 Å². The molecule has 0 aliphatic carbocycles. The van der Waals surface area contributed by atoms with Crippen LogP contribution in [0.3, 0.4) is 0 Å². The Morgan fingerprint density at radius 1 is 1.14 bits per heavy atom. The molecule has 0 aliphatic rings. The van der Waals surface area contributed by atoms with Crippen molar-refractivity contribution in [3.8, 4) is 11.5 Å². The van der Waals surface area contributed by atoms with E-state index >= 15 is 0 Å². The number of benzene rings is 1. The Balaban J connectivity index is 1.97. The largest absolute Gasteiger partial charge is 0.490 e. The minimum absolute atomic E-state index is 0.0967. The number of carbonyl (C=O) groups excluding carboxylic acids is 1. The molecule has 0 spiro atoms. The Hall–Kier alpha value is -2.01. The average molecular weight is 319 g/mol. The van der Waals surface area contributed by atoms with Crippen LogP contribution < -0.4 is 14.8 Å². The van der Waals surface area contributed by atoms with E-state index in [1.165, 1.54) is 4.88 Å². The van der Waals surface area contributed by atoms with Crippen molar-refractivity contribution in [2.75, 3.05) is 19.8 Å². The summed E-state index contributed by atoms with van der Waals surface area (Å²) in [6, 6.07) is 9.36. The molecular weight excluding hydrogens is 298 g/mol. The molecule has 5 heteroatoms. The van der Waals surface area contributed by atoms with Crippen LogP contribution in [0.15, 0.2) is 35.7 Å². The number of carbonyl (C=O) groups is 1.